The third kappa shape index (κ3) is 3.09. The van der Waals surface area contributed by atoms with Gasteiger partial charge in [-0.2, -0.15) is 8.75 Å². The molecule has 0 aliphatic heterocycles. The highest BCUT2D eigenvalue weighted by molar-refractivity contribution is 7.00. The van der Waals surface area contributed by atoms with Gasteiger partial charge in [-0.15, -0.1) is 0 Å². The van der Waals surface area contributed by atoms with Crippen LogP contribution in [0.25, 0.3) is 11.0 Å². The van der Waals surface area contributed by atoms with Crippen LogP contribution in [0.3, 0.4) is 0 Å². The SMILES string of the molecule is O=C(COC(=O)c1ccccc1)Nc1cccc2nsnc12. The van der Waals surface area contributed by atoms with Crippen LogP contribution in [0.4, 0.5) is 5.69 Å². The van der Waals surface area contributed by atoms with E-state index >= 15 is 0 Å². The van der Waals surface area contributed by atoms with Gasteiger partial charge < -0.3 is 10.1 Å². The lowest BCUT2D eigenvalue weighted by atomic mass is 10.2. The van der Waals surface area contributed by atoms with E-state index in [4.69, 9.17) is 4.74 Å². The molecule has 2 aromatic carbocycles. The van der Waals surface area contributed by atoms with Gasteiger partial charge in [0, 0.05) is 0 Å². The molecule has 22 heavy (non-hydrogen) atoms. The molecule has 0 bridgehead atoms. The number of amides is 1. The molecule has 0 spiro atoms. The lowest BCUT2D eigenvalue weighted by Gasteiger charge is -2.06. The molecule has 0 saturated heterocycles. The normalized spacial score (nSPS) is 10.4. The van der Waals surface area contributed by atoms with E-state index < -0.39 is 11.9 Å². The molecule has 0 atom stereocenters. The van der Waals surface area contributed by atoms with Crippen molar-refractivity contribution in [1.82, 2.24) is 8.75 Å². The molecule has 1 aromatic heterocycles. The Hall–Kier alpha value is -2.80. The van der Waals surface area contributed by atoms with Gasteiger partial charge in [-0.1, -0.05) is 24.3 Å². The minimum atomic E-state index is -0.538. The number of hydrogen-bond donors (Lipinski definition) is 1. The first-order valence-electron chi connectivity index (χ1n) is 6.47. The fourth-order valence-corrected chi connectivity index (χ4v) is 2.43. The number of hydrogen-bond acceptors (Lipinski definition) is 6. The van der Waals surface area contributed by atoms with E-state index in [0.29, 0.717) is 22.3 Å². The van der Waals surface area contributed by atoms with Crippen molar-refractivity contribution < 1.29 is 14.3 Å². The summed E-state index contributed by atoms with van der Waals surface area (Å²) in [4.78, 5) is 23.6. The van der Waals surface area contributed by atoms with Crippen molar-refractivity contribution in [3.63, 3.8) is 0 Å². The molecule has 3 rings (SSSR count). The third-order valence-electron chi connectivity index (χ3n) is 2.90. The number of esters is 1. The largest absolute Gasteiger partial charge is 0.452 e. The number of benzene rings is 2. The monoisotopic (exact) mass is 313 g/mol. The molecule has 1 heterocycles. The Morgan fingerprint density at radius 3 is 2.68 bits per heavy atom. The maximum absolute atomic E-state index is 11.9. The Bertz CT molecular complexity index is 817. The molecular formula is C15H11N3O3S. The molecule has 1 amide bonds. The number of nitrogens with zero attached hydrogens (tertiary/aromatic N) is 2. The predicted octanol–water partition coefficient (Wildman–Crippen LogP) is 2.49. The van der Waals surface area contributed by atoms with Crippen LogP contribution in [-0.4, -0.2) is 27.2 Å². The van der Waals surface area contributed by atoms with Gasteiger partial charge in [0.05, 0.1) is 23.0 Å². The van der Waals surface area contributed by atoms with Crippen molar-refractivity contribution in [1.29, 1.82) is 0 Å². The van der Waals surface area contributed by atoms with Gasteiger partial charge in [0.15, 0.2) is 6.61 Å². The van der Waals surface area contributed by atoms with Crippen molar-refractivity contribution >= 4 is 40.3 Å². The maximum atomic E-state index is 11.9. The lowest BCUT2D eigenvalue weighted by Crippen LogP contribution is -2.21. The van der Waals surface area contributed by atoms with Crippen LogP contribution in [0.5, 0.6) is 0 Å². The first kappa shape index (κ1) is 14.2. The zero-order valence-electron chi connectivity index (χ0n) is 11.4. The van der Waals surface area contributed by atoms with Gasteiger partial charge in [-0.25, -0.2) is 4.79 Å². The topological polar surface area (TPSA) is 81.2 Å². The highest BCUT2D eigenvalue weighted by Crippen LogP contribution is 2.20. The Kier molecular flexibility index (Phi) is 4.06. The summed E-state index contributed by atoms with van der Waals surface area (Å²) < 4.78 is 13.2. The fraction of sp³-hybridized carbons (Fsp3) is 0.0667. The first-order chi connectivity index (χ1) is 10.7. The second kappa shape index (κ2) is 6.31. The highest BCUT2D eigenvalue weighted by Gasteiger charge is 2.12. The van der Waals surface area contributed by atoms with E-state index in [9.17, 15) is 9.59 Å². The van der Waals surface area contributed by atoms with Gasteiger partial charge in [0.25, 0.3) is 5.91 Å². The summed E-state index contributed by atoms with van der Waals surface area (Å²) in [6.45, 7) is -0.359. The third-order valence-corrected chi connectivity index (χ3v) is 3.45. The zero-order chi connectivity index (χ0) is 15.4. The number of anilines is 1. The number of nitrogens with one attached hydrogen (secondary N) is 1. The second-order valence-electron chi connectivity index (χ2n) is 4.43. The average molecular weight is 313 g/mol. The van der Waals surface area contributed by atoms with Gasteiger partial charge in [-0.05, 0) is 24.3 Å². The summed E-state index contributed by atoms with van der Waals surface area (Å²) in [7, 11) is 0. The molecule has 0 radical (unpaired) electrons. The van der Waals surface area contributed by atoms with E-state index in [1.807, 2.05) is 6.07 Å². The number of fused-ring (bicyclic) bond motifs is 1. The second-order valence-corrected chi connectivity index (χ2v) is 4.96. The zero-order valence-corrected chi connectivity index (χ0v) is 12.2. The van der Waals surface area contributed by atoms with Crippen LogP contribution in [0.2, 0.25) is 0 Å². The highest BCUT2D eigenvalue weighted by atomic mass is 32.1. The van der Waals surface area contributed by atoms with E-state index in [2.05, 4.69) is 14.1 Å². The minimum Gasteiger partial charge on any atom is -0.452 e. The van der Waals surface area contributed by atoms with Crippen LogP contribution in [0.15, 0.2) is 48.5 Å². The molecule has 110 valence electrons. The standard InChI is InChI=1S/C15H11N3O3S/c19-13(9-21-15(20)10-5-2-1-3-6-10)16-11-7-4-8-12-14(11)18-22-17-12/h1-8H,9H2,(H,16,19). The van der Waals surface area contributed by atoms with Gasteiger partial charge in [0.1, 0.15) is 11.0 Å². The van der Waals surface area contributed by atoms with Crippen molar-refractivity contribution in [2.45, 2.75) is 0 Å². The predicted molar refractivity (Wildman–Crippen MR) is 82.8 cm³/mol. The van der Waals surface area contributed by atoms with Crippen molar-refractivity contribution in [2.75, 3.05) is 11.9 Å². The molecule has 0 aliphatic carbocycles. The lowest BCUT2D eigenvalue weighted by molar-refractivity contribution is -0.119. The molecule has 3 aromatic rings. The molecule has 0 saturated carbocycles. The quantitative estimate of drug-likeness (QED) is 0.748. The number of carbonyl (C=O) groups excluding carboxylic acids is 2. The Morgan fingerprint density at radius 2 is 1.86 bits per heavy atom. The van der Waals surface area contributed by atoms with Crippen molar-refractivity contribution in [2.24, 2.45) is 0 Å². The molecule has 0 aliphatic rings. The summed E-state index contributed by atoms with van der Waals surface area (Å²) in [5.41, 5.74) is 2.28. The Morgan fingerprint density at radius 1 is 1.05 bits per heavy atom. The molecular weight excluding hydrogens is 302 g/mol. The number of carbonyl (C=O) groups is 2. The summed E-state index contributed by atoms with van der Waals surface area (Å²) in [6, 6.07) is 13.8. The summed E-state index contributed by atoms with van der Waals surface area (Å²) in [6.07, 6.45) is 0. The molecule has 1 N–H and O–H groups in total. The Balaban J connectivity index is 1.61. The van der Waals surface area contributed by atoms with E-state index in [1.165, 1.54) is 0 Å². The van der Waals surface area contributed by atoms with Crippen LogP contribution < -0.4 is 5.32 Å². The fourth-order valence-electron chi connectivity index (χ4n) is 1.88. The summed E-state index contributed by atoms with van der Waals surface area (Å²) in [5, 5.41) is 2.67. The van der Waals surface area contributed by atoms with E-state index in [-0.39, 0.29) is 6.61 Å². The van der Waals surface area contributed by atoms with Crippen LogP contribution in [0.1, 0.15) is 10.4 Å². The van der Waals surface area contributed by atoms with E-state index in [1.54, 1.807) is 42.5 Å². The minimum absolute atomic E-state index is 0.359. The van der Waals surface area contributed by atoms with Gasteiger partial charge in [-0.3, -0.25) is 4.79 Å². The average Bonchev–Trinajstić information content (AvgIpc) is 3.03. The van der Waals surface area contributed by atoms with Gasteiger partial charge in [0.2, 0.25) is 0 Å². The summed E-state index contributed by atoms with van der Waals surface area (Å²) in [5.74, 6) is -0.964. The molecule has 0 unspecified atom stereocenters. The Labute approximate surface area is 130 Å². The summed E-state index contributed by atoms with van der Waals surface area (Å²) >= 11 is 1.07. The van der Waals surface area contributed by atoms with Crippen LogP contribution >= 0.6 is 11.7 Å². The maximum Gasteiger partial charge on any atom is 0.338 e. The van der Waals surface area contributed by atoms with Crippen LogP contribution in [-0.2, 0) is 9.53 Å². The van der Waals surface area contributed by atoms with Crippen LogP contribution in [0, 0.1) is 0 Å². The van der Waals surface area contributed by atoms with E-state index in [0.717, 1.165) is 11.7 Å². The molecule has 6 nitrogen and oxygen atoms in total. The number of aromatic nitrogens is 2. The van der Waals surface area contributed by atoms with Gasteiger partial charge >= 0.3 is 5.97 Å². The molecule has 0 fully saturated rings. The number of rotatable bonds is 4. The van der Waals surface area contributed by atoms with Crippen molar-refractivity contribution in [3.8, 4) is 0 Å². The molecule has 7 heteroatoms. The smallest absolute Gasteiger partial charge is 0.338 e. The van der Waals surface area contributed by atoms with Crippen molar-refractivity contribution in [3.05, 3.63) is 54.1 Å². The number of ether oxygens (including phenoxy) is 1. The first-order valence-corrected chi connectivity index (χ1v) is 7.20.